The van der Waals surface area contributed by atoms with E-state index in [9.17, 15) is 0 Å². The van der Waals surface area contributed by atoms with Gasteiger partial charge in [-0.2, -0.15) is 0 Å². The third-order valence-corrected chi connectivity index (χ3v) is 7.99. The van der Waals surface area contributed by atoms with Gasteiger partial charge in [0.15, 0.2) is 0 Å². The van der Waals surface area contributed by atoms with Gasteiger partial charge in [0.1, 0.15) is 0 Å². The number of nitrogens with zero attached hydrogens (tertiary/aromatic N) is 2. The summed E-state index contributed by atoms with van der Waals surface area (Å²) in [5.41, 5.74) is 11.0. The van der Waals surface area contributed by atoms with Crippen molar-refractivity contribution in [1.29, 1.82) is 0 Å². The van der Waals surface area contributed by atoms with Crippen molar-refractivity contribution < 1.29 is 0 Å². The van der Waals surface area contributed by atoms with Gasteiger partial charge in [-0.1, -0.05) is 96.6 Å². The van der Waals surface area contributed by atoms with Crippen LogP contribution >= 0.6 is 0 Å². The molecule has 0 unspecified atom stereocenters. The zero-order chi connectivity index (χ0) is 25.9. The van der Waals surface area contributed by atoms with E-state index >= 15 is 0 Å². The van der Waals surface area contributed by atoms with Crippen LogP contribution in [0.2, 0.25) is 0 Å². The normalized spacial score (nSPS) is 11.7. The lowest BCUT2D eigenvalue weighted by Crippen LogP contribution is -1.94. The van der Waals surface area contributed by atoms with E-state index in [1.807, 2.05) is 0 Å². The van der Waals surface area contributed by atoms with Crippen molar-refractivity contribution in [2.24, 2.45) is 0 Å². The van der Waals surface area contributed by atoms with Crippen molar-refractivity contribution in [3.8, 4) is 22.5 Å². The lowest BCUT2D eigenvalue weighted by atomic mass is 9.98. The summed E-state index contributed by atoms with van der Waals surface area (Å²) in [6, 6.07) is 50.6. The molecule has 0 saturated heterocycles. The molecule has 2 heterocycles. The topological polar surface area (TPSA) is 9.86 Å². The predicted molar refractivity (Wildman–Crippen MR) is 165 cm³/mol. The number of para-hydroxylation sites is 3. The van der Waals surface area contributed by atoms with Crippen LogP contribution in [0.15, 0.2) is 140 Å². The molecule has 0 spiro atoms. The fourth-order valence-electron chi connectivity index (χ4n) is 6.23. The summed E-state index contributed by atoms with van der Waals surface area (Å²) in [6.45, 7) is 2.14. The minimum absolute atomic E-state index is 1.18. The second-order valence-electron chi connectivity index (χ2n) is 10.3. The van der Waals surface area contributed by atoms with Gasteiger partial charge in [0.25, 0.3) is 0 Å². The number of hydrogen-bond donors (Lipinski definition) is 0. The summed E-state index contributed by atoms with van der Waals surface area (Å²) in [5, 5.41) is 5.10. The van der Waals surface area contributed by atoms with E-state index in [0.717, 1.165) is 0 Å². The van der Waals surface area contributed by atoms with Crippen molar-refractivity contribution in [2.45, 2.75) is 6.92 Å². The maximum Gasteiger partial charge on any atom is 0.0547 e. The Kier molecular flexibility index (Phi) is 4.77. The molecular weight excluding hydrogens is 472 g/mol. The molecule has 0 N–H and O–H groups in total. The lowest BCUT2D eigenvalue weighted by molar-refractivity contribution is 1.17. The van der Waals surface area contributed by atoms with Crippen molar-refractivity contribution in [3.05, 3.63) is 145 Å². The van der Waals surface area contributed by atoms with Crippen LogP contribution in [-0.4, -0.2) is 9.13 Å². The summed E-state index contributed by atoms with van der Waals surface area (Å²) in [5.74, 6) is 0. The van der Waals surface area contributed by atoms with Gasteiger partial charge in [0, 0.05) is 32.9 Å². The highest BCUT2D eigenvalue weighted by Crippen LogP contribution is 2.40. The Hall–Kier alpha value is -5.08. The maximum absolute atomic E-state index is 2.40. The molecule has 0 atom stereocenters. The summed E-state index contributed by atoms with van der Waals surface area (Å²) < 4.78 is 4.79. The van der Waals surface area contributed by atoms with Crippen LogP contribution in [0, 0.1) is 6.92 Å². The first-order valence-electron chi connectivity index (χ1n) is 13.5. The van der Waals surface area contributed by atoms with Gasteiger partial charge in [-0.05, 0) is 66.6 Å². The summed E-state index contributed by atoms with van der Waals surface area (Å²) in [7, 11) is 0. The van der Waals surface area contributed by atoms with Crippen molar-refractivity contribution in [1.82, 2.24) is 9.13 Å². The number of aryl methyl sites for hydroxylation is 1. The first kappa shape index (κ1) is 22.0. The van der Waals surface area contributed by atoms with Crippen molar-refractivity contribution in [2.75, 3.05) is 0 Å². The molecule has 0 saturated carbocycles. The number of fused-ring (bicyclic) bond motifs is 6. The van der Waals surface area contributed by atoms with Gasteiger partial charge in [0.05, 0.1) is 22.1 Å². The highest BCUT2D eigenvalue weighted by atomic mass is 15.0. The molecule has 2 heteroatoms. The Morgan fingerprint density at radius 2 is 1.00 bits per heavy atom. The number of hydrogen-bond acceptors (Lipinski definition) is 0. The van der Waals surface area contributed by atoms with Crippen LogP contribution in [0.5, 0.6) is 0 Å². The zero-order valence-electron chi connectivity index (χ0n) is 21.7. The second-order valence-corrected chi connectivity index (χ2v) is 10.3. The lowest BCUT2D eigenvalue weighted by Gasteiger charge is -2.11. The highest BCUT2D eigenvalue weighted by molar-refractivity contribution is 6.17. The Balaban J connectivity index is 1.45. The number of aromatic nitrogens is 2. The van der Waals surface area contributed by atoms with E-state index in [0.29, 0.717) is 0 Å². The van der Waals surface area contributed by atoms with E-state index in [4.69, 9.17) is 0 Å². The van der Waals surface area contributed by atoms with Gasteiger partial charge in [-0.15, -0.1) is 0 Å². The first-order chi connectivity index (χ1) is 19.3. The monoisotopic (exact) mass is 498 g/mol. The molecule has 0 aliphatic carbocycles. The third-order valence-electron chi connectivity index (χ3n) is 7.99. The summed E-state index contributed by atoms with van der Waals surface area (Å²) >= 11 is 0. The molecule has 0 radical (unpaired) electrons. The minimum Gasteiger partial charge on any atom is -0.309 e. The maximum atomic E-state index is 2.40. The van der Waals surface area contributed by atoms with Gasteiger partial charge in [0.2, 0.25) is 0 Å². The standard InChI is InChI=1S/C37H26N2/c1-25-18-21-28(22-19-25)38-34-16-8-6-13-32(34)37-29(14-9-17-35(37)38)26-20-23-31-30-12-5-7-15-33(30)39(36(31)24-26)27-10-3-2-4-11-27/h2-24H,1H3. The van der Waals surface area contributed by atoms with E-state index < -0.39 is 0 Å². The Bertz CT molecular complexity index is 2160. The third kappa shape index (κ3) is 3.28. The zero-order valence-corrected chi connectivity index (χ0v) is 21.7. The molecule has 6 aromatic carbocycles. The van der Waals surface area contributed by atoms with Gasteiger partial charge >= 0.3 is 0 Å². The largest absolute Gasteiger partial charge is 0.309 e. The SMILES string of the molecule is Cc1ccc(-n2c3ccccc3c3c(-c4ccc5c6ccccc6n(-c6ccccc6)c5c4)cccc32)cc1. The molecule has 2 aromatic heterocycles. The Morgan fingerprint density at radius 1 is 0.410 bits per heavy atom. The smallest absolute Gasteiger partial charge is 0.0547 e. The second kappa shape index (κ2) is 8.47. The molecule has 184 valence electrons. The van der Waals surface area contributed by atoms with Gasteiger partial charge in [-0.25, -0.2) is 0 Å². The van der Waals surface area contributed by atoms with Crippen LogP contribution < -0.4 is 0 Å². The molecule has 0 fully saturated rings. The molecule has 8 rings (SSSR count). The molecule has 2 nitrogen and oxygen atoms in total. The van der Waals surface area contributed by atoms with E-state index in [1.54, 1.807) is 0 Å². The average molecular weight is 499 g/mol. The van der Waals surface area contributed by atoms with E-state index in [1.165, 1.54) is 71.7 Å². The molecular formula is C37H26N2. The number of benzene rings is 6. The van der Waals surface area contributed by atoms with Gasteiger partial charge in [-0.3, -0.25) is 0 Å². The van der Waals surface area contributed by atoms with Crippen LogP contribution in [0.25, 0.3) is 66.1 Å². The van der Waals surface area contributed by atoms with Crippen LogP contribution in [-0.2, 0) is 0 Å². The number of rotatable bonds is 3. The molecule has 0 aliphatic heterocycles. The molecule has 39 heavy (non-hydrogen) atoms. The average Bonchev–Trinajstić information content (AvgIpc) is 3.51. The quantitative estimate of drug-likeness (QED) is 0.229. The van der Waals surface area contributed by atoms with Crippen LogP contribution in [0.3, 0.4) is 0 Å². The van der Waals surface area contributed by atoms with E-state index in [-0.39, 0.29) is 0 Å². The highest BCUT2D eigenvalue weighted by Gasteiger charge is 2.18. The predicted octanol–water partition coefficient (Wildman–Crippen LogP) is 9.86. The molecule has 8 aromatic rings. The first-order valence-corrected chi connectivity index (χ1v) is 13.5. The summed E-state index contributed by atoms with van der Waals surface area (Å²) in [6.07, 6.45) is 0. The van der Waals surface area contributed by atoms with Crippen molar-refractivity contribution in [3.63, 3.8) is 0 Å². The fraction of sp³-hybridized carbons (Fsp3) is 0.0270. The van der Waals surface area contributed by atoms with Crippen molar-refractivity contribution >= 4 is 43.6 Å². The van der Waals surface area contributed by atoms with Crippen LogP contribution in [0.4, 0.5) is 0 Å². The molecule has 0 amide bonds. The minimum atomic E-state index is 1.18. The fourth-order valence-corrected chi connectivity index (χ4v) is 6.23. The molecule has 0 bridgehead atoms. The summed E-state index contributed by atoms with van der Waals surface area (Å²) in [4.78, 5) is 0. The Morgan fingerprint density at radius 3 is 1.79 bits per heavy atom. The van der Waals surface area contributed by atoms with E-state index in [2.05, 4.69) is 156 Å². The molecule has 0 aliphatic rings. The Labute approximate surface area is 227 Å². The van der Waals surface area contributed by atoms with Gasteiger partial charge < -0.3 is 9.13 Å². The van der Waals surface area contributed by atoms with Crippen LogP contribution in [0.1, 0.15) is 5.56 Å².